The minimum Gasteiger partial charge on any atom is -0.0885 e. The largest absolute Gasteiger partial charge is 0.0885 e. The Morgan fingerprint density at radius 2 is 1.92 bits per heavy atom. The van der Waals surface area contributed by atoms with Crippen molar-refractivity contribution in [2.75, 3.05) is 0 Å². The average Bonchev–Trinajstić information content (AvgIpc) is 2.11. The van der Waals surface area contributed by atoms with Crippen LogP contribution in [0.3, 0.4) is 0 Å². The summed E-state index contributed by atoms with van der Waals surface area (Å²) in [6.45, 7) is 6.49. The lowest BCUT2D eigenvalue weighted by molar-refractivity contribution is 1.15. The molecule has 0 aromatic heterocycles. The third-order valence-corrected chi connectivity index (χ3v) is 2.24. The Morgan fingerprint density at radius 3 is 2.62 bits per heavy atom. The molecule has 1 aromatic rings. The summed E-state index contributed by atoms with van der Waals surface area (Å²) in [6, 6.07) is 6.64. The van der Waals surface area contributed by atoms with Crippen LogP contribution in [0.15, 0.2) is 30.4 Å². The minimum atomic E-state index is 1.07. The van der Waals surface area contributed by atoms with Crippen molar-refractivity contribution < 1.29 is 0 Å². The summed E-state index contributed by atoms with van der Waals surface area (Å²) in [5.41, 5.74) is 4.20. The van der Waals surface area contributed by atoms with Crippen molar-refractivity contribution in [2.45, 2.75) is 33.6 Å². The van der Waals surface area contributed by atoms with Crippen molar-refractivity contribution in [1.82, 2.24) is 0 Å². The van der Waals surface area contributed by atoms with Gasteiger partial charge in [-0.05, 0) is 37.8 Å². The number of allylic oxidation sites excluding steroid dienone is 2. The van der Waals surface area contributed by atoms with Crippen LogP contribution < -0.4 is 0 Å². The van der Waals surface area contributed by atoms with E-state index in [4.69, 9.17) is 0 Å². The van der Waals surface area contributed by atoms with Gasteiger partial charge in [0, 0.05) is 0 Å². The van der Waals surface area contributed by atoms with Gasteiger partial charge in [0.25, 0.3) is 0 Å². The van der Waals surface area contributed by atoms with Crippen LogP contribution in [-0.2, 0) is 6.42 Å². The highest BCUT2D eigenvalue weighted by Crippen LogP contribution is 2.11. The molecule has 0 bridgehead atoms. The summed E-state index contributed by atoms with van der Waals surface area (Å²) in [7, 11) is 0. The summed E-state index contributed by atoms with van der Waals surface area (Å²) >= 11 is 0. The first-order valence-electron chi connectivity index (χ1n) is 4.95. The summed E-state index contributed by atoms with van der Waals surface area (Å²) in [4.78, 5) is 0. The molecule has 0 aliphatic carbocycles. The van der Waals surface area contributed by atoms with E-state index in [9.17, 15) is 0 Å². The topological polar surface area (TPSA) is 0 Å². The van der Waals surface area contributed by atoms with Crippen LogP contribution in [0.25, 0.3) is 0 Å². The van der Waals surface area contributed by atoms with Gasteiger partial charge in [0.15, 0.2) is 0 Å². The van der Waals surface area contributed by atoms with E-state index in [1.165, 1.54) is 16.7 Å². The zero-order valence-corrected chi connectivity index (χ0v) is 8.80. The second-order valence-electron chi connectivity index (χ2n) is 3.51. The highest BCUT2D eigenvalue weighted by Gasteiger charge is 1.95. The zero-order chi connectivity index (χ0) is 9.68. The van der Waals surface area contributed by atoms with Gasteiger partial charge in [-0.15, -0.1) is 0 Å². The minimum absolute atomic E-state index is 1.07. The predicted octanol–water partition coefficient (Wildman–Crippen LogP) is 3.81. The first-order chi connectivity index (χ1) is 6.24. The number of hydrogen-bond acceptors (Lipinski definition) is 0. The van der Waals surface area contributed by atoms with Crippen LogP contribution in [-0.4, -0.2) is 0 Å². The maximum atomic E-state index is 2.27. The van der Waals surface area contributed by atoms with Crippen molar-refractivity contribution >= 4 is 0 Å². The third-order valence-electron chi connectivity index (χ3n) is 2.24. The third kappa shape index (κ3) is 3.06. The van der Waals surface area contributed by atoms with E-state index in [1.54, 1.807) is 0 Å². The van der Waals surface area contributed by atoms with Gasteiger partial charge in [-0.1, -0.05) is 42.8 Å². The molecule has 0 amide bonds. The number of hydrogen-bond donors (Lipinski definition) is 0. The highest BCUT2D eigenvalue weighted by atomic mass is 14.0. The standard InChI is InChI=1S/C13H18/c1-4-5-6-7-13-10-11(2)8-9-12(13)3/h5-6,8-10H,4,7H2,1-3H3/b6-5+. The first-order valence-corrected chi connectivity index (χ1v) is 4.95. The SMILES string of the molecule is CC/C=C/Cc1cc(C)ccc1C. The summed E-state index contributed by atoms with van der Waals surface area (Å²) in [6.07, 6.45) is 6.68. The normalized spacial score (nSPS) is 11.0. The van der Waals surface area contributed by atoms with Crippen molar-refractivity contribution in [1.29, 1.82) is 0 Å². The van der Waals surface area contributed by atoms with Gasteiger partial charge in [-0.3, -0.25) is 0 Å². The molecule has 0 nitrogen and oxygen atoms in total. The van der Waals surface area contributed by atoms with E-state index < -0.39 is 0 Å². The van der Waals surface area contributed by atoms with Gasteiger partial charge in [0.05, 0.1) is 0 Å². The van der Waals surface area contributed by atoms with Crippen LogP contribution in [0.5, 0.6) is 0 Å². The van der Waals surface area contributed by atoms with E-state index >= 15 is 0 Å². The van der Waals surface area contributed by atoms with Crippen molar-refractivity contribution in [3.63, 3.8) is 0 Å². The van der Waals surface area contributed by atoms with Gasteiger partial charge in [-0.2, -0.15) is 0 Å². The maximum Gasteiger partial charge on any atom is -0.00947 e. The van der Waals surface area contributed by atoms with Crippen LogP contribution >= 0.6 is 0 Å². The number of rotatable bonds is 3. The Morgan fingerprint density at radius 1 is 1.15 bits per heavy atom. The summed E-state index contributed by atoms with van der Waals surface area (Å²) in [5, 5.41) is 0. The van der Waals surface area contributed by atoms with E-state index in [2.05, 4.69) is 51.1 Å². The fourth-order valence-corrected chi connectivity index (χ4v) is 1.40. The first kappa shape index (κ1) is 10.0. The molecule has 0 spiro atoms. The number of aryl methyl sites for hydroxylation is 2. The zero-order valence-electron chi connectivity index (χ0n) is 8.80. The molecule has 0 aliphatic rings. The van der Waals surface area contributed by atoms with Crippen LogP contribution in [0.1, 0.15) is 30.0 Å². The van der Waals surface area contributed by atoms with Gasteiger partial charge in [0.1, 0.15) is 0 Å². The lowest BCUT2D eigenvalue weighted by Crippen LogP contribution is -1.87. The van der Waals surface area contributed by atoms with Crippen LogP contribution in [0.4, 0.5) is 0 Å². The molecule has 0 fully saturated rings. The highest BCUT2D eigenvalue weighted by molar-refractivity contribution is 5.31. The van der Waals surface area contributed by atoms with Crippen molar-refractivity contribution in [3.05, 3.63) is 47.0 Å². The molecular formula is C13H18. The van der Waals surface area contributed by atoms with E-state index in [1.807, 2.05) is 0 Å². The van der Waals surface area contributed by atoms with Gasteiger partial charge in [0.2, 0.25) is 0 Å². The second-order valence-corrected chi connectivity index (χ2v) is 3.51. The molecule has 70 valence electrons. The van der Waals surface area contributed by atoms with E-state index in [-0.39, 0.29) is 0 Å². The quantitative estimate of drug-likeness (QED) is 0.611. The molecule has 13 heavy (non-hydrogen) atoms. The summed E-state index contributed by atoms with van der Waals surface area (Å²) in [5.74, 6) is 0. The monoisotopic (exact) mass is 174 g/mol. The van der Waals surface area contributed by atoms with E-state index in [0.717, 1.165) is 12.8 Å². The Balaban J connectivity index is 2.75. The molecule has 1 aromatic carbocycles. The van der Waals surface area contributed by atoms with Gasteiger partial charge in [-0.25, -0.2) is 0 Å². The van der Waals surface area contributed by atoms with Crippen LogP contribution in [0, 0.1) is 13.8 Å². The predicted molar refractivity (Wildman–Crippen MR) is 59.1 cm³/mol. The Bertz CT molecular complexity index is 295. The average molecular weight is 174 g/mol. The molecule has 0 saturated heterocycles. The fraction of sp³-hybridized carbons (Fsp3) is 0.385. The van der Waals surface area contributed by atoms with Crippen LogP contribution in [0.2, 0.25) is 0 Å². The molecule has 1 rings (SSSR count). The van der Waals surface area contributed by atoms with Gasteiger partial charge >= 0.3 is 0 Å². The molecule has 0 saturated carbocycles. The Kier molecular flexibility index (Phi) is 3.75. The molecular weight excluding hydrogens is 156 g/mol. The van der Waals surface area contributed by atoms with Crippen molar-refractivity contribution in [2.24, 2.45) is 0 Å². The Labute approximate surface area is 81.3 Å². The molecule has 0 N–H and O–H groups in total. The second kappa shape index (κ2) is 4.86. The van der Waals surface area contributed by atoms with Gasteiger partial charge < -0.3 is 0 Å². The summed E-state index contributed by atoms with van der Waals surface area (Å²) < 4.78 is 0. The fourth-order valence-electron chi connectivity index (χ4n) is 1.40. The lowest BCUT2D eigenvalue weighted by atomic mass is 10.0. The Hall–Kier alpha value is -1.04. The molecule has 0 radical (unpaired) electrons. The smallest absolute Gasteiger partial charge is 0.00947 e. The maximum absolute atomic E-state index is 2.27. The molecule has 0 aliphatic heterocycles. The van der Waals surface area contributed by atoms with E-state index in [0.29, 0.717) is 0 Å². The lowest BCUT2D eigenvalue weighted by Gasteiger charge is -2.03. The molecule has 0 atom stereocenters. The molecule has 0 unspecified atom stereocenters. The number of benzene rings is 1. The molecule has 0 heterocycles. The molecule has 0 heteroatoms. The van der Waals surface area contributed by atoms with Crippen molar-refractivity contribution in [3.8, 4) is 0 Å².